The summed E-state index contributed by atoms with van der Waals surface area (Å²) in [4.78, 5) is 39.1. The van der Waals surface area contributed by atoms with Crippen molar-refractivity contribution < 1.29 is 18.8 Å². The van der Waals surface area contributed by atoms with Gasteiger partial charge in [0, 0.05) is 24.7 Å². The zero-order valence-electron chi connectivity index (χ0n) is 16.7. The fourth-order valence-corrected chi connectivity index (χ4v) is 3.78. The van der Waals surface area contributed by atoms with Gasteiger partial charge in [0.15, 0.2) is 5.76 Å². The van der Waals surface area contributed by atoms with E-state index < -0.39 is 11.9 Å². The molecular weight excluding hydrogens is 429 g/mol. The lowest BCUT2D eigenvalue weighted by Gasteiger charge is -2.34. The van der Waals surface area contributed by atoms with E-state index in [9.17, 15) is 14.4 Å². The van der Waals surface area contributed by atoms with Crippen molar-refractivity contribution in [1.82, 2.24) is 15.5 Å². The summed E-state index contributed by atoms with van der Waals surface area (Å²) in [6.07, 6.45) is 2.73. The van der Waals surface area contributed by atoms with Gasteiger partial charge in [-0.3, -0.25) is 14.4 Å². The van der Waals surface area contributed by atoms with E-state index in [0.29, 0.717) is 31.7 Å². The lowest BCUT2D eigenvalue weighted by molar-refractivity contribution is -0.133. The lowest BCUT2D eigenvalue weighted by atomic mass is 10.0. The largest absolute Gasteiger partial charge is 0.459 e. The molecule has 0 aliphatic carbocycles. The minimum atomic E-state index is -0.718. The third kappa shape index (κ3) is 4.96. The summed E-state index contributed by atoms with van der Waals surface area (Å²) in [5.74, 6) is -0.585. The summed E-state index contributed by atoms with van der Waals surface area (Å²) in [6.45, 7) is 4.41. The molecule has 30 heavy (non-hydrogen) atoms. The van der Waals surface area contributed by atoms with Crippen molar-refractivity contribution in [2.45, 2.75) is 38.8 Å². The molecule has 9 heteroatoms. The number of furan rings is 1. The first kappa shape index (κ1) is 22.2. The second-order valence-corrected chi connectivity index (χ2v) is 8.09. The number of nitrogens with one attached hydrogen (secondary N) is 2. The standard InChI is InChI=1S/C21H23Cl2N3O4/c1-12-8-11-30-18(12)20(28)25-14-6-9-26(10-7-14)21(29)13(2)24-19(27)15-4-3-5-16(22)17(15)23/h3-5,8,11,13-14H,6-7,9-10H2,1-2H3,(H,24,27)(H,25,28). The summed E-state index contributed by atoms with van der Waals surface area (Å²) in [5, 5.41) is 6.05. The van der Waals surface area contributed by atoms with E-state index in [1.165, 1.54) is 6.26 Å². The van der Waals surface area contributed by atoms with Crippen LogP contribution in [0.25, 0.3) is 0 Å². The first-order valence-electron chi connectivity index (χ1n) is 9.66. The zero-order chi connectivity index (χ0) is 21.8. The fraction of sp³-hybridized carbons (Fsp3) is 0.381. The molecule has 0 radical (unpaired) electrons. The monoisotopic (exact) mass is 451 g/mol. The van der Waals surface area contributed by atoms with Crippen molar-refractivity contribution in [3.05, 3.63) is 57.5 Å². The number of halogens is 2. The van der Waals surface area contributed by atoms with Crippen LogP contribution in [0, 0.1) is 6.92 Å². The zero-order valence-corrected chi connectivity index (χ0v) is 18.2. The maximum Gasteiger partial charge on any atom is 0.287 e. The average Bonchev–Trinajstić information content (AvgIpc) is 3.16. The highest BCUT2D eigenvalue weighted by atomic mass is 35.5. The van der Waals surface area contributed by atoms with Crippen molar-refractivity contribution in [2.75, 3.05) is 13.1 Å². The van der Waals surface area contributed by atoms with Gasteiger partial charge in [0.25, 0.3) is 11.8 Å². The Kier molecular flexibility index (Phi) is 7.05. The van der Waals surface area contributed by atoms with E-state index in [1.807, 2.05) is 6.92 Å². The van der Waals surface area contributed by atoms with Crippen LogP contribution in [0.4, 0.5) is 0 Å². The molecule has 1 aromatic carbocycles. The summed E-state index contributed by atoms with van der Waals surface area (Å²) < 4.78 is 5.21. The Morgan fingerprint density at radius 2 is 1.83 bits per heavy atom. The fourth-order valence-electron chi connectivity index (χ4n) is 3.39. The molecule has 7 nitrogen and oxygen atoms in total. The van der Waals surface area contributed by atoms with Crippen LogP contribution in [0.5, 0.6) is 0 Å². The highest BCUT2D eigenvalue weighted by Gasteiger charge is 2.28. The Labute approximate surface area is 184 Å². The van der Waals surface area contributed by atoms with Gasteiger partial charge in [-0.2, -0.15) is 0 Å². The molecule has 1 aromatic heterocycles. The van der Waals surface area contributed by atoms with E-state index in [1.54, 1.807) is 36.1 Å². The lowest BCUT2D eigenvalue weighted by Crippen LogP contribution is -2.52. The average molecular weight is 452 g/mol. The maximum atomic E-state index is 12.7. The smallest absolute Gasteiger partial charge is 0.287 e. The second-order valence-electron chi connectivity index (χ2n) is 7.30. The number of nitrogens with zero attached hydrogens (tertiary/aromatic N) is 1. The van der Waals surface area contributed by atoms with Crippen LogP contribution in [0.1, 0.15) is 46.2 Å². The molecule has 0 saturated carbocycles. The molecule has 1 aliphatic rings. The predicted molar refractivity (Wildman–Crippen MR) is 114 cm³/mol. The van der Waals surface area contributed by atoms with E-state index in [-0.39, 0.29) is 33.5 Å². The van der Waals surface area contributed by atoms with E-state index >= 15 is 0 Å². The minimum absolute atomic E-state index is 0.0405. The molecule has 1 atom stereocenters. The van der Waals surface area contributed by atoms with Crippen molar-refractivity contribution >= 4 is 40.9 Å². The predicted octanol–water partition coefficient (Wildman–Crippen LogP) is 3.43. The van der Waals surface area contributed by atoms with Gasteiger partial charge in [0.05, 0.1) is 21.9 Å². The minimum Gasteiger partial charge on any atom is -0.459 e. The van der Waals surface area contributed by atoms with Gasteiger partial charge in [0.2, 0.25) is 5.91 Å². The molecule has 3 rings (SSSR count). The van der Waals surface area contributed by atoms with Gasteiger partial charge in [-0.05, 0) is 44.9 Å². The van der Waals surface area contributed by atoms with Gasteiger partial charge in [-0.1, -0.05) is 29.3 Å². The first-order valence-corrected chi connectivity index (χ1v) is 10.4. The number of rotatable bonds is 5. The molecule has 0 spiro atoms. The molecular formula is C21H23Cl2N3O4. The topological polar surface area (TPSA) is 91.7 Å². The summed E-state index contributed by atoms with van der Waals surface area (Å²) >= 11 is 12.0. The molecule has 3 amide bonds. The highest BCUT2D eigenvalue weighted by Crippen LogP contribution is 2.25. The van der Waals surface area contributed by atoms with Crippen LogP contribution in [-0.4, -0.2) is 47.8 Å². The van der Waals surface area contributed by atoms with Gasteiger partial charge in [0.1, 0.15) is 6.04 Å². The number of aryl methyl sites for hydroxylation is 1. The maximum absolute atomic E-state index is 12.7. The SMILES string of the molecule is Cc1ccoc1C(=O)NC1CCN(C(=O)C(C)NC(=O)c2cccc(Cl)c2Cl)CC1. The van der Waals surface area contributed by atoms with E-state index in [0.717, 1.165) is 5.56 Å². The van der Waals surface area contributed by atoms with Crippen molar-refractivity contribution in [2.24, 2.45) is 0 Å². The van der Waals surface area contributed by atoms with E-state index in [4.69, 9.17) is 27.6 Å². The Morgan fingerprint density at radius 3 is 2.47 bits per heavy atom. The molecule has 0 bridgehead atoms. The third-order valence-corrected chi connectivity index (χ3v) is 5.94. The van der Waals surface area contributed by atoms with Crippen LogP contribution in [0.3, 0.4) is 0 Å². The van der Waals surface area contributed by atoms with Gasteiger partial charge >= 0.3 is 0 Å². The molecule has 1 saturated heterocycles. The Bertz CT molecular complexity index is 951. The quantitative estimate of drug-likeness (QED) is 0.727. The number of likely N-dealkylation sites (tertiary alicyclic amines) is 1. The molecule has 160 valence electrons. The van der Waals surface area contributed by atoms with Crippen LogP contribution in [0.2, 0.25) is 10.0 Å². The number of hydrogen-bond acceptors (Lipinski definition) is 4. The number of benzene rings is 1. The summed E-state index contributed by atoms with van der Waals surface area (Å²) in [5.41, 5.74) is 1.00. The molecule has 2 N–H and O–H groups in total. The third-order valence-electron chi connectivity index (χ3n) is 5.12. The van der Waals surface area contributed by atoms with E-state index in [2.05, 4.69) is 10.6 Å². The van der Waals surface area contributed by atoms with Gasteiger partial charge < -0.3 is 20.0 Å². The number of carbonyl (C=O) groups excluding carboxylic acids is 3. The van der Waals surface area contributed by atoms with Crippen molar-refractivity contribution in [1.29, 1.82) is 0 Å². The second kappa shape index (κ2) is 9.53. The highest BCUT2D eigenvalue weighted by molar-refractivity contribution is 6.43. The number of amides is 3. The molecule has 2 heterocycles. The Morgan fingerprint density at radius 1 is 1.13 bits per heavy atom. The van der Waals surface area contributed by atoms with Crippen LogP contribution in [-0.2, 0) is 4.79 Å². The van der Waals surface area contributed by atoms with Gasteiger partial charge in [-0.25, -0.2) is 0 Å². The van der Waals surface area contributed by atoms with Crippen LogP contribution >= 0.6 is 23.2 Å². The molecule has 1 fully saturated rings. The molecule has 1 unspecified atom stereocenters. The molecule has 2 aromatic rings. The van der Waals surface area contributed by atoms with Gasteiger partial charge in [-0.15, -0.1) is 0 Å². The molecule has 1 aliphatic heterocycles. The van der Waals surface area contributed by atoms with Crippen LogP contribution < -0.4 is 10.6 Å². The summed E-state index contributed by atoms with van der Waals surface area (Å²) in [6, 6.07) is 5.74. The van der Waals surface area contributed by atoms with Crippen molar-refractivity contribution in [3.63, 3.8) is 0 Å². The number of piperidine rings is 1. The number of hydrogen-bond donors (Lipinski definition) is 2. The Hall–Kier alpha value is -2.51. The van der Waals surface area contributed by atoms with Crippen molar-refractivity contribution in [3.8, 4) is 0 Å². The Balaban J connectivity index is 1.51. The summed E-state index contributed by atoms with van der Waals surface area (Å²) in [7, 11) is 0. The van der Waals surface area contributed by atoms with Crippen LogP contribution in [0.15, 0.2) is 34.9 Å². The first-order chi connectivity index (χ1) is 14.3. The number of carbonyl (C=O) groups is 3. The normalized spacial score (nSPS) is 15.5.